The van der Waals surface area contributed by atoms with Crippen LogP contribution in [0.3, 0.4) is 0 Å². The fourth-order valence-corrected chi connectivity index (χ4v) is 1.43. The lowest BCUT2D eigenvalue weighted by Gasteiger charge is -2.23. The van der Waals surface area contributed by atoms with Crippen molar-refractivity contribution in [3.63, 3.8) is 0 Å². The Kier molecular flexibility index (Phi) is 7.37. The highest BCUT2D eigenvalue weighted by molar-refractivity contribution is 4.78. The molecule has 0 aromatic carbocycles. The first-order chi connectivity index (χ1) is 6.98. The Morgan fingerprint density at radius 1 is 1.47 bits per heavy atom. The average Bonchev–Trinajstić information content (AvgIpc) is 2.14. The van der Waals surface area contributed by atoms with Crippen LogP contribution in [0.15, 0.2) is 0 Å². The van der Waals surface area contributed by atoms with E-state index in [9.17, 15) is 0 Å². The molecule has 0 rings (SSSR count). The van der Waals surface area contributed by atoms with Crippen molar-refractivity contribution in [2.45, 2.75) is 52.6 Å². The SMILES string of the molecule is CC(O)CCCNCC(C)(C)CCC#N. The van der Waals surface area contributed by atoms with Crippen molar-refractivity contribution in [3.8, 4) is 6.07 Å². The van der Waals surface area contributed by atoms with E-state index in [4.69, 9.17) is 10.4 Å². The molecule has 0 aliphatic heterocycles. The van der Waals surface area contributed by atoms with Crippen molar-refractivity contribution in [1.29, 1.82) is 5.26 Å². The third-order valence-corrected chi connectivity index (χ3v) is 2.49. The van der Waals surface area contributed by atoms with Crippen molar-refractivity contribution in [1.82, 2.24) is 5.32 Å². The molecule has 15 heavy (non-hydrogen) atoms. The van der Waals surface area contributed by atoms with Gasteiger partial charge in [-0.2, -0.15) is 5.26 Å². The van der Waals surface area contributed by atoms with Crippen molar-refractivity contribution >= 4 is 0 Å². The monoisotopic (exact) mass is 212 g/mol. The Bertz CT molecular complexity index is 194. The molecule has 1 atom stereocenters. The molecule has 0 bridgehead atoms. The van der Waals surface area contributed by atoms with Crippen LogP contribution < -0.4 is 5.32 Å². The second-order valence-corrected chi connectivity index (χ2v) is 4.99. The van der Waals surface area contributed by atoms with Crippen LogP contribution in [0.2, 0.25) is 0 Å². The second kappa shape index (κ2) is 7.67. The molecule has 0 saturated heterocycles. The fraction of sp³-hybridized carbons (Fsp3) is 0.917. The van der Waals surface area contributed by atoms with Gasteiger partial charge in [-0.05, 0) is 38.1 Å². The lowest BCUT2D eigenvalue weighted by molar-refractivity contribution is 0.180. The zero-order valence-corrected chi connectivity index (χ0v) is 10.2. The summed E-state index contributed by atoms with van der Waals surface area (Å²) in [7, 11) is 0. The Morgan fingerprint density at radius 2 is 2.13 bits per heavy atom. The van der Waals surface area contributed by atoms with Crippen LogP contribution >= 0.6 is 0 Å². The van der Waals surface area contributed by atoms with Crippen LogP contribution in [0, 0.1) is 16.7 Å². The molecule has 88 valence electrons. The molecule has 3 heteroatoms. The van der Waals surface area contributed by atoms with Gasteiger partial charge in [-0.3, -0.25) is 0 Å². The van der Waals surface area contributed by atoms with E-state index in [1.807, 2.05) is 6.92 Å². The number of nitriles is 1. The third kappa shape index (κ3) is 9.71. The maximum absolute atomic E-state index is 9.06. The summed E-state index contributed by atoms with van der Waals surface area (Å²) in [5.74, 6) is 0. The van der Waals surface area contributed by atoms with Crippen molar-refractivity contribution in [2.24, 2.45) is 5.41 Å². The molecule has 0 saturated carbocycles. The molecule has 0 aliphatic carbocycles. The number of nitrogens with one attached hydrogen (secondary N) is 1. The predicted octanol–water partition coefficient (Wildman–Crippen LogP) is 2.07. The zero-order valence-electron chi connectivity index (χ0n) is 10.2. The summed E-state index contributed by atoms with van der Waals surface area (Å²) in [5, 5.41) is 20.9. The van der Waals surface area contributed by atoms with Gasteiger partial charge in [-0.15, -0.1) is 0 Å². The van der Waals surface area contributed by atoms with Crippen LogP contribution in [-0.2, 0) is 0 Å². The van der Waals surface area contributed by atoms with E-state index in [1.54, 1.807) is 0 Å². The minimum atomic E-state index is -0.196. The maximum Gasteiger partial charge on any atom is 0.0621 e. The number of aliphatic hydroxyl groups is 1. The van der Waals surface area contributed by atoms with Gasteiger partial charge in [-0.25, -0.2) is 0 Å². The molecule has 0 aromatic rings. The van der Waals surface area contributed by atoms with Crippen LogP contribution in [0.5, 0.6) is 0 Å². The zero-order chi connectivity index (χ0) is 11.7. The highest BCUT2D eigenvalue weighted by Gasteiger charge is 2.16. The van der Waals surface area contributed by atoms with Gasteiger partial charge in [0.1, 0.15) is 0 Å². The molecule has 2 N–H and O–H groups in total. The van der Waals surface area contributed by atoms with Gasteiger partial charge in [0.05, 0.1) is 12.2 Å². The first-order valence-corrected chi connectivity index (χ1v) is 5.74. The standard InChI is InChI=1S/C12H24N2O/c1-11(15)6-4-9-14-10-12(2,3)7-5-8-13/h11,14-15H,4-7,9-10H2,1-3H3. The van der Waals surface area contributed by atoms with E-state index in [-0.39, 0.29) is 11.5 Å². The molecule has 0 aliphatic rings. The number of aliphatic hydroxyl groups excluding tert-OH is 1. The van der Waals surface area contributed by atoms with Gasteiger partial charge < -0.3 is 10.4 Å². The Labute approximate surface area is 93.5 Å². The Hall–Kier alpha value is -0.590. The molecule has 0 radical (unpaired) electrons. The van der Waals surface area contributed by atoms with Crippen molar-refractivity contribution in [3.05, 3.63) is 0 Å². The van der Waals surface area contributed by atoms with E-state index in [0.29, 0.717) is 6.42 Å². The minimum absolute atomic E-state index is 0.195. The minimum Gasteiger partial charge on any atom is -0.393 e. The molecule has 0 heterocycles. The predicted molar refractivity (Wildman–Crippen MR) is 62.4 cm³/mol. The normalized spacial score (nSPS) is 13.5. The van der Waals surface area contributed by atoms with Gasteiger partial charge in [-0.1, -0.05) is 13.8 Å². The Balaban J connectivity index is 3.45. The highest BCUT2D eigenvalue weighted by atomic mass is 16.3. The van der Waals surface area contributed by atoms with Crippen LogP contribution in [-0.4, -0.2) is 24.3 Å². The summed E-state index contributed by atoms with van der Waals surface area (Å²) in [5.41, 5.74) is 0.195. The second-order valence-electron chi connectivity index (χ2n) is 4.99. The number of nitrogens with zero attached hydrogens (tertiary/aromatic N) is 1. The van der Waals surface area contributed by atoms with Gasteiger partial charge in [0.15, 0.2) is 0 Å². The van der Waals surface area contributed by atoms with Crippen LogP contribution in [0.1, 0.15) is 46.5 Å². The van der Waals surface area contributed by atoms with Gasteiger partial charge in [0.2, 0.25) is 0 Å². The van der Waals surface area contributed by atoms with E-state index in [0.717, 1.165) is 32.4 Å². The summed E-state index contributed by atoms with van der Waals surface area (Å²) in [6, 6.07) is 2.18. The molecular formula is C12H24N2O. The van der Waals surface area contributed by atoms with Gasteiger partial charge in [0.25, 0.3) is 0 Å². The summed E-state index contributed by atoms with van der Waals surface area (Å²) in [6.07, 6.45) is 3.23. The summed E-state index contributed by atoms with van der Waals surface area (Å²) < 4.78 is 0. The largest absolute Gasteiger partial charge is 0.393 e. The molecule has 0 fully saturated rings. The third-order valence-electron chi connectivity index (χ3n) is 2.49. The van der Waals surface area contributed by atoms with Gasteiger partial charge >= 0.3 is 0 Å². The topological polar surface area (TPSA) is 56.0 Å². The number of hydrogen-bond donors (Lipinski definition) is 2. The molecule has 0 spiro atoms. The summed E-state index contributed by atoms with van der Waals surface area (Å²) in [4.78, 5) is 0. The summed E-state index contributed by atoms with van der Waals surface area (Å²) in [6.45, 7) is 8.05. The van der Waals surface area contributed by atoms with Crippen LogP contribution in [0.25, 0.3) is 0 Å². The summed E-state index contributed by atoms with van der Waals surface area (Å²) >= 11 is 0. The first-order valence-electron chi connectivity index (χ1n) is 5.74. The molecule has 3 nitrogen and oxygen atoms in total. The van der Waals surface area contributed by atoms with E-state index < -0.39 is 0 Å². The lowest BCUT2D eigenvalue weighted by atomic mass is 9.88. The van der Waals surface area contributed by atoms with Crippen molar-refractivity contribution in [2.75, 3.05) is 13.1 Å². The van der Waals surface area contributed by atoms with Crippen LogP contribution in [0.4, 0.5) is 0 Å². The molecule has 1 unspecified atom stereocenters. The number of rotatable bonds is 8. The van der Waals surface area contributed by atoms with Crippen molar-refractivity contribution < 1.29 is 5.11 Å². The quantitative estimate of drug-likeness (QED) is 0.606. The van der Waals surface area contributed by atoms with E-state index in [2.05, 4.69) is 25.2 Å². The lowest BCUT2D eigenvalue weighted by Crippen LogP contribution is -2.30. The maximum atomic E-state index is 9.06. The van der Waals surface area contributed by atoms with Gasteiger partial charge in [0, 0.05) is 13.0 Å². The Morgan fingerprint density at radius 3 is 2.67 bits per heavy atom. The molecular weight excluding hydrogens is 188 g/mol. The first kappa shape index (κ1) is 14.4. The number of hydrogen-bond acceptors (Lipinski definition) is 3. The average molecular weight is 212 g/mol. The molecule has 0 aromatic heterocycles. The molecule has 0 amide bonds. The smallest absolute Gasteiger partial charge is 0.0621 e. The van der Waals surface area contributed by atoms with E-state index in [1.165, 1.54) is 0 Å². The highest BCUT2D eigenvalue weighted by Crippen LogP contribution is 2.20. The fourth-order valence-electron chi connectivity index (χ4n) is 1.43. The van der Waals surface area contributed by atoms with E-state index >= 15 is 0 Å².